The fraction of sp³-hybridized carbons (Fsp3) is 0.636. The third-order valence-corrected chi connectivity index (χ3v) is 3.30. The number of rotatable bonds is 1. The molecule has 0 radical (unpaired) electrons. The summed E-state index contributed by atoms with van der Waals surface area (Å²) in [5.41, 5.74) is 0.710. The predicted octanol–water partition coefficient (Wildman–Crippen LogP) is 1.40. The normalized spacial score (nSPS) is 32.8. The minimum atomic E-state index is -0.247. The van der Waals surface area contributed by atoms with Gasteiger partial charge in [0, 0.05) is 11.6 Å². The van der Waals surface area contributed by atoms with Gasteiger partial charge in [-0.3, -0.25) is 14.9 Å². The maximum atomic E-state index is 11.4. The van der Waals surface area contributed by atoms with Crippen molar-refractivity contribution in [3.63, 3.8) is 0 Å². The molecule has 1 fully saturated rings. The lowest BCUT2D eigenvalue weighted by molar-refractivity contribution is -0.124. The van der Waals surface area contributed by atoms with Gasteiger partial charge < -0.3 is 0 Å². The van der Waals surface area contributed by atoms with Crippen LogP contribution in [0.4, 0.5) is 0 Å². The van der Waals surface area contributed by atoms with E-state index < -0.39 is 0 Å². The highest BCUT2D eigenvalue weighted by Gasteiger charge is 2.32. The Morgan fingerprint density at radius 3 is 2.57 bits per heavy atom. The molecular formula is C11H15NO2. The van der Waals surface area contributed by atoms with Crippen LogP contribution in [0, 0.1) is 11.8 Å². The van der Waals surface area contributed by atoms with Crippen molar-refractivity contribution in [1.29, 1.82) is 0 Å². The van der Waals surface area contributed by atoms with E-state index in [-0.39, 0.29) is 11.8 Å². The maximum Gasteiger partial charge on any atom is 0.254 e. The zero-order chi connectivity index (χ0) is 10.1. The maximum absolute atomic E-state index is 11.4. The molecule has 0 spiro atoms. The second kappa shape index (κ2) is 3.56. The molecule has 3 heteroatoms. The van der Waals surface area contributed by atoms with E-state index in [1.807, 2.05) is 0 Å². The smallest absolute Gasteiger partial charge is 0.254 e. The van der Waals surface area contributed by atoms with Gasteiger partial charge in [-0.1, -0.05) is 26.2 Å². The van der Waals surface area contributed by atoms with Gasteiger partial charge in [-0.2, -0.15) is 0 Å². The number of hydrogen-bond donors (Lipinski definition) is 1. The summed E-state index contributed by atoms with van der Waals surface area (Å²) in [6.45, 7) is 2.17. The van der Waals surface area contributed by atoms with E-state index in [4.69, 9.17) is 0 Å². The average molecular weight is 193 g/mol. The molecule has 1 aliphatic carbocycles. The van der Waals surface area contributed by atoms with Gasteiger partial charge in [0.2, 0.25) is 0 Å². The average Bonchev–Trinajstić information content (AvgIpc) is 2.46. The zero-order valence-corrected chi connectivity index (χ0v) is 8.38. The van der Waals surface area contributed by atoms with E-state index in [0.29, 0.717) is 17.4 Å². The molecule has 2 atom stereocenters. The summed E-state index contributed by atoms with van der Waals surface area (Å²) in [4.78, 5) is 22.4. The molecule has 0 bridgehead atoms. The minimum Gasteiger partial charge on any atom is -0.289 e. The highest BCUT2D eigenvalue weighted by molar-refractivity contribution is 6.16. The molecule has 2 amide bonds. The first-order chi connectivity index (χ1) is 6.68. The lowest BCUT2D eigenvalue weighted by atomic mass is 9.76. The summed E-state index contributed by atoms with van der Waals surface area (Å²) in [5, 5.41) is 2.31. The van der Waals surface area contributed by atoms with E-state index in [1.165, 1.54) is 25.3 Å². The lowest BCUT2D eigenvalue weighted by Crippen LogP contribution is -2.27. The molecule has 0 aromatic heterocycles. The lowest BCUT2D eigenvalue weighted by Gasteiger charge is -2.28. The molecular weight excluding hydrogens is 178 g/mol. The van der Waals surface area contributed by atoms with Crippen LogP contribution in [0.25, 0.3) is 0 Å². The fourth-order valence-corrected chi connectivity index (χ4v) is 2.48. The molecule has 2 unspecified atom stereocenters. The van der Waals surface area contributed by atoms with Crippen LogP contribution in [0.15, 0.2) is 11.6 Å². The van der Waals surface area contributed by atoms with Crippen molar-refractivity contribution in [2.24, 2.45) is 11.8 Å². The van der Waals surface area contributed by atoms with Crippen LogP contribution in [0.3, 0.4) is 0 Å². The van der Waals surface area contributed by atoms with Crippen LogP contribution in [-0.4, -0.2) is 11.8 Å². The molecule has 0 aromatic rings. The monoisotopic (exact) mass is 193 g/mol. The van der Waals surface area contributed by atoms with Gasteiger partial charge in [-0.25, -0.2) is 0 Å². The van der Waals surface area contributed by atoms with Crippen LogP contribution in [0.1, 0.15) is 32.6 Å². The summed E-state index contributed by atoms with van der Waals surface area (Å²) in [6, 6.07) is 0. The van der Waals surface area contributed by atoms with Gasteiger partial charge in [0.05, 0.1) is 0 Å². The van der Waals surface area contributed by atoms with Crippen molar-refractivity contribution in [2.75, 3.05) is 0 Å². The Morgan fingerprint density at radius 1 is 1.29 bits per heavy atom. The molecule has 0 aromatic carbocycles. The standard InChI is InChI=1S/C11H15NO2/c1-7-4-2-3-5-8(7)9-6-10(13)12-11(9)14/h6-8H,2-5H2,1H3,(H,12,13,14). The first kappa shape index (κ1) is 9.44. The molecule has 76 valence electrons. The SMILES string of the molecule is CC1CCCCC1C1=CC(=O)NC1=O. The van der Waals surface area contributed by atoms with Crippen molar-refractivity contribution in [1.82, 2.24) is 5.32 Å². The first-order valence-electron chi connectivity index (χ1n) is 5.25. The number of imide groups is 1. The summed E-state index contributed by atoms with van der Waals surface area (Å²) in [6.07, 6.45) is 6.13. The molecule has 1 aliphatic heterocycles. The van der Waals surface area contributed by atoms with Gasteiger partial charge in [0.1, 0.15) is 0 Å². The Kier molecular flexibility index (Phi) is 2.40. The van der Waals surface area contributed by atoms with E-state index in [9.17, 15) is 9.59 Å². The van der Waals surface area contributed by atoms with Crippen LogP contribution >= 0.6 is 0 Å². The van der Waals surface area contributed by atoms with Gasteiger partial charge >= 0.3 is 0 Å². The Morgan fingerprint density at radius 2 is 2.00 bits per heavy atom. The van der Waals surface area contributed by atoms with Gasteiger partial charge in [-0.15, -0.1) is 0 Å². The summed E-state index contributed by atoms with van der Waals surface area (Å²) >= 11 is 0. The molecule has 0 saturated heterocycles. The molecule has 1 saturated carbocycles. The van der Waals surface area contributed by atoms with Gasteiger partial charge in [0.15, 0.2) is 0 Å². The van der Waals surface area contributed by atoms with E-state index in [0.717, 1.165) is 6.42 Å². The van der Waals surface area contributed by atoms with Crippen molar-refractivity contribution < 1.29 is 9.59 Å². The third kappa shape index (κ3) is 1.59. The first-order valence-corrected chi connectivity index (χ1v) is 5.25. The quantitative estimate of drug-likeness (QED) is 0.640. The highest BCUT2D eigenvalue weighted by atomic mass is 16.2. The number of carbonyl (C=O) groups excluding carboxylic acids is 2. The second-order valence-corrected chi connectivity index (χ2v) is 4.29. The molecule has 1 N–H and O–H groups in total. The van der Waals surface area contributed by atoms with Crippen LogP contribution in [-0.2, 0) is 9.59 Å². The van der Waals surface area contributed by atoms with Crippen molar-refractivity contribution in [2.45, 2.75) is 32.6 Å². The Bertz CT molecular complexity index is 306. The van der Waals surface area contributed by atoms with Gasteiger partial charge in [-0.05, 0) is 18.3 Å². The molecule has 2 aliphatic rings. The Balaban J connectivity index is 2.17. The van der Waals surface area contributed by atoms with Crippen molar-refractivity contribution in [3.8, 4) is 0 Å². The van der Waals surface area contributed by atoms with Crippen LogP contribution in [0.2, 0.25) is 0 Å². The number of nitrogens with one attached hydrogen (secondary N) is 1. The predicted molar refractivity (Wildman–Crippen MR) is 52.4 cm³/mol. The topological polar surface area (TPSA) is 46.2 Å². The second-order valence-electron chi connectivity index (χ2n) is 4.29. The molecule has 2 rings (SSSR count). The van der Waals surface area contributed by atoms with E-state index in [1.54, 1.807) is 0 Å². The van der Waals surface area contributed by atoms with Crippen molar-refractivity contribution in [3.05, 3.63) is 11.6 Å². The number of hydrogen-bond acceptors (Lipinski definition) is 2. The van der Waals surface area contributed by atoms with E-state index in [2.05, 4.69) is 12.2 Å². The Labute approximate surface area is 83.6 Å². The molecule has 3 nitrogen and oxygen atoms in total. The fourth-order valence-electron chi connectivity index (χ4n) is 2.48. The summed E-state index contributed by atoms with van der Waals surface area (Å²) in [7, 11) is 0. The van der Waals surface area contributed by atoms with E-state index >= 15 is 0 Å². The molecule has 14 heavy (non-hydrogen) atoms. The third-order valence-electron chi connectivity index (χ3n) is 3.30. The highest BCUT2D eigenvalue weighted by Crippen LogP contribution is 2.35. The van der Waals surface area contributed by atoms with Gasteiger partial charge in [0.25, 0.3) is 11.8 Å². The van der Waals surface area contributed by atoms with Crippen LogP contribution < -0.4 is 5.32 Å². The van der Waals surface area contributed by atoms with Crippen LogP contribution in [0.5, 0.6) is 0 Å². The largest absolute Gasteiger partial charge is 0.289 e. The molecule has 1 heterocycles. The zero-order valence-electron chi connectivity index (χ0n) is 8.38. The van der Waals surface area contributed by atoms with Crippen molar-refractivity contribution >= 4 is 11.8 Å². The summed E-state index contributed by atoms with van der Waals surface area (Å²) in [5.74, 6) is 0.415. The number of carbonyl (C=O) groups is 2. The Hall–Kier alpha value is -1.12. The summed E-state index contributed by atoms with van der Waals surface area (Å²) < 4.78 is 0. The minimum absolute atomic E-state index is 0.172. The number of amides is 2.